The summed E-state index contributed by atoms with van der Waals surface area (Å²) in [7, 11) is 0.827. The van der Waals surface area contributed by atoms with Crippen LogP contribution in [0.5, 0.6) is 5.75 Å². The van der Waals surface area contributed by atoms with Gasteiger partial charge in [0.15, 0.2) is 18.0 Å². The van der Waals surface area contributed by atoms with Crippen molar-refractivity contribution in [3.8, 4) is 5.75 Å². The van der Waals surface area contributed by atoms with E-state index in [1.807, 2.05) is 39.8 Å². The third-order valence-electron chi connectivity index (χ3n) is 17.1. The van der Waals surface area contributed by atoms with Gasteiger partial charge < -0.3 is 52.9 Å². The van der Waals surface area contributed by atoms with Gasteiger partial charge in [-0.25, -0.2) is 14.4 Å². The van der Waals surface area contributed by atoms with Crippen LogP contribution < -0.4 is 10.1 Å². The molecule has 4 fully saturated rings. The standard InChI is InChI=1S/C57H77N3O13Si/c1-33(2)74(34(3)4,35(5)6)73-47(45(40-26-20-21-29-58-40)59-53(64)67-39-24-18-15-19-25-39)52(63)68-41-30-57(65)50(71-51(62)38-22-16-14-17-23-38)48-55(11,28-27-42-56(48,32-66-42)72-37(8)61)49-46(44(36(41)7)54(57,9)10)69-43(70-49)31-60(12)13/h14-26,29,33-35,41-43,45-50,65H,27-28,30-32H2,1-13H3,(H,59,64)/t41-,42+,43+,45+,46+,47+,48?,49+,50?,55+,56-,57+/m0/s1. The molecule has 3 aliphatic carbocycles. The number of rotatable bonds is 16. The predicted octanol–water partition coefficient (Wildman–Crippen LogP) is 8.89. The number of ether oxygens (including phenoxy) is 7. The van der Waals surface area contributed by atoms with Crippen LogP contribution in [0.15, 0.2) is 96.2 Å². The van der Waals surface area contributed by atoms with E-state index in [0.717, 1.165) is 0 Å². The lowest BCUT2D eigenvalue weighted by Gasteiger charge is -2.68. The van der Waals surface area contributed by atoms with E-state index in [0.29, 0.717) is 36.2 Å². The van der Waals surface area contributed by atoms with Crippen LogP contribution in [0.2, 0.25) is 16.6 Å². The molecule has 2 saturated carbocycles. The number of carbonyl (C=O) groups is 4. The van der Waals surface area contributed by atoms with E-state index in [-0.39, 0.29) is 41.0 Å². The number of nitrogens with one attached hydrogen (secondary N) is 1. The van der Waals surface area contributed by atoms with Crippen LogP contribution in [-0.2, 0) is 42.4 Å². The van der Waals surface area contributed by atoms with Crippen LogP contribution in [0.1, 0.15) is 118 Å². The molecule has 8 rings (SSSR count). The number of pyridine rings is 1. The van der Waals surface area contributed by atoms with Gasteiger partial charge in [0.1, 0.15) is 41.8 Å². The molecule has 17 heteroatoms. The highest BCUT2D eigenvalue weighted by atomic mass is 28.4. The molecule has 2 N–H and O–H groups in total. The Morgan fingerprint density at radius 1 is 0.878 bits per heavy atom. The highest BCUT2D eigenvalue weighted by Crippen LogP contribution is 2.67. The number of esters is 3. The van der Waals surface area contributed by atoms with Crippen molar-refractivity contribution in [3.63, 3.8) is 0 Å². The first-order chi connectivity index (χ1) is 34.9. The smallest absolute Gasteiger partial charge is 0.413 e. The van der Waals surface area contributed by atoms with Gasteiger partial charge in [0.2, 0.25) is 8.32 Å². The van der Waals surface area contributed by atoms with Crippen LogP contribution in [-0.4, -0.2) is 129 Å². The third-order valence-corrected chi connectivity index (χ3v) is 23.2. The number of amides is 1. The zero-order valence-electron chi connectivity index (χ0n) is 45.3. The minimum Gasteiger partial charge on any atom is -0.456 e. The summed E-state index contributed by atoms with van der Waals surface area (Å²) < 4.78 is 53.8. The van der Waals surface area contributed by atoms with Gasteiger partial charge in [-0.05, 0) is 98.0 Å². The van der Waals surface area contributed by atoms with Crippen molar-refractivity contribution in [2.45, 2.75) is 172 Å². The average Bonchev–Trinajstić information content (AvgIpc) is 3.74. The van der Waals surface area contributed by atoms with Crippen molar-refractivity contribution in [3.05, 3.63) is 107 Å². The largest absolute Gasteiger partial charge is 0.456 e. The molecule has 2 unspecified atom stereocenters. The number of hydrogen-bond acceptors (Lipinski definition) is 15. The van der Waals surface area contributed by atoms with Crippen LogP contribution >= 0.6 is 0 Å². The lowest BCUT2D eigenvalue weighted by Crippen LogP contribution is -2.79. The highest BCUT2D eigenvalue weighted by Gasteiger charge is 2.77. The summed E-state index contributed by atoms with van der Waals surface area (Å²) in [6.07, 6.45) is -5.57. The monoisotopic (exact) mass is 1040 g/mol. The molecule has 2 aliphatic heterocycles. The molecule has 16 nitrogen and oxygen atoms in total. The van der Waals surface area contributed by atoms with Gasteiger partial charge in [-0.3, -0.25) is 9.78 Å². The first kappa shape index (κ1) is 55.2. The van der Waals surface area contributed by atoms with Crippen molar-refractivity contribution in [1.82, 2.24) is 15.2 Å². The van der Waals surface area contributed by atoms with Crippen molar-refractivity contribution in [2.75, 3.05) is 27.2 Å². The lowest BCUT2D eigenvalue weighted by molar-refractivity contribution is -0.345. The summed E-state index contributed by atoms with van der Waals surface area (Å²) in [6, 6.07) is 21.1. The Hall–Kier alpha value is -5.01. The lowest BCUT2D eigenvalue weighted by atomic mass is 9.45. The quantitative estimate of drug-likeness (QED) is 0.0598. The van der Waals surface area contributed by atoms with Crippen LogP contribution in [0.4, 0.5) is 4.79 Å². The second kappa shape index (κ2) is 21.2. The minimum absolute atomic E-state index is 0.00890. The summed E-state index contributed by atoms with van der Waals surface area (Å²) in [5.41, 5.74) is -3.91. The number of nitrogens with zero attached hydrogens (tertiary/aromatic N) is 2. The van der Waals surface area contributed by atoms with E-state index in [1.54, 1.807) is 85.1 Å². The molecule has 3 aromatic rings. The second-order valence-corrected chi connectivity index (χ2v) is 28.5. The van der Waals surface area contributed by atoms with Gasteiger partial charge in [-0.2, -0.15) is 0 Å². The number of hydrogen-bond donors (Lipinski definition) is 2. The van der Waals surface area contributed by atoms with E-state index in [4.69, 9.17) is 37.6 Å². The fourth-order valence-corrected chi connectivity index (χ4v) is 19.3. The molecule has 0 spiro atoms. The van der Waals surface area contributed by atoms with Gasteiger partial charge >= 0.3 is 24.0 Å². The number of aliphatic hydroxyl groups is 1. The van der Waals surface area contributed by atoms with Crippen molar-refractivity contribution in [2.24, 2.45) is 16.7 Å². The Morgan fingerprint density at radius 2 is 1.51 bits per heavy atom. The van der Waals surface area contributed by atoms with Gasteiger partial charge in [0.25, 0.3) is 0 Å². The average molecular weight is 1040 g/mol. The summed E-state index contributed by atoms with van der Waals surface area (Å²) in [5, 5.41) is 17.3. The number of aromatic nitrogens is 1. The summed E-state index contributed by atoms with van der Waals surface area (Å²) >= 11 is 0. The highest BCUT2D eigenvalue weighted by molar-refractivity contribution is 6.77. The van der Waals surface area contributed by atoms with Gasteiger partial charge in [0.05, 0.1) is 29.9 Å². The molecular weight excluding hydrogens is 963 g/mol. The number of fused-ring (bicyclic) bond motifs is 8. The predicted molar refractivity (Wildman–Crippen MR) is 277 cm³/mol. The molecule has 3 heterocycles. The fraction of sp³-hybridized carbons (Fsp3) is 0.596. The van der Waals surface area contributed by atoms with Crippen molar-refractivity contribution >= 4 is 32.3 Å². The summed E-state index contributed by atoms with van der Waals surface area (Å²) in [6.45, 7) is 22.0. The van der Waals surface area contributed by atoms with Gasteiger partial charge in [0, 0.05) is 36.9 Å². The Balaban J connectivity index is 1.32. The Morgan fingerprint density at radius 3 is 2.08 bits per heavy atom. The van der Waals surface area contributed by atoms with Crippen molar-refractivity contribution in [1.29, 1.82) is 0 Å². The van der Waals surface area contributed by atoms with E-state index >= 15 is 4.79 Å². The topological polar surface area (TPSA) is 191 Å². The maximum absolute atomic E-state index is 15.9. The molecule has 402 valence electrons. The van der Waals surface area contributed by atoms with Crippen LogP contribution in [0.3, 0.4) is 0 Å². The summed E-state index contributed by atoms with van der Waals surface area (Å²) in [4.78, 5) is 64.8. The summed E-state index contributed by atoms with van der Waals surface area (Å²) in [5.74, 6) is -2.73. The number of benzene rings is 2. The van der Waals surface area contributed by atoms with E-state index in [2.05, 4.69) is 58.8 Å². The van der Waals surface area contributed by atoms with E-state index in [9.17, 15) is 19.5 Å². The van der Waals surface area contributed by atoms with E-state index in [1.165, 1.54) is 6.92 Å². The first-order valence-corrected chi connectivity index (χ1v) is 28.3. The molecular formula is C57H77N3O13Si. The Labute approximate surface area is 437 Å². The van der Waals surface area contributed by atoms with Gasteiger partial charge in [-0.15, -0.1) is 0 Å². The molecule has 2 saturated heterocycles. The Bertz CT molecular complexity index is 2520. The molecule has 0 radical (unpaired) electrons. The molecule has 12 atom stereocenters. The van der Waals surface area contributed by atoms with Gasteiger partial charge in [-0.1, -0.05) is 105 Å². The maximum atomic E-state index is 15.9. The maximum Gasteiger partial charge on any atom is 0.413 e. The van der Waals surface area contributed by atoms with Crippen LogP contribution in [0.25, 0.3) is 0 Å². The first-order valence-electron chi connectivity index (χ1n) is 26.2. The normalized spacial score (nSPS) is 31.0. The fourth-order valence-electron chi connectivity index (χ4n) is 13.8. The van der Waals surface area contributed by atoms with Crippen molar-refractivity contribution < 1.29 is 61.9 Å². The number of para-hydroxylation sites is 1. The zero-order valence-corrected chi connectivity index (χ0v) is 46.3. The minimum atomic E-state index is -3.02. The molecule has 2 aromatic carbocycles. The molecule has 5 aliphatic rings. The third kappa shape index (κ3) is 9.75. The second-order valence-electron chi connectivity index (χ2n) is 23.1. The number of carbonyl (C=O) groups excluding carboxylic acids is 4. The molecule has 2 bridgehead atoms. The van der Waals surface area contributed by atoms with Crippen LogP contribution in [0, 0.1) is 16.7 Å². The number of likely N-dealkylation sites (N-methyl/N-ethyl adjacent to an activating group) is 1. The van der Waals surface area contributed by atoms with E-state index < -0.39 is 109 Å². The molecule has 1 amide bonds. The zero-order chi connectivity index (χ0) is 53.7. The SMILES string of the molecule is CC(=O)O[C@@]12CO[C@@H]1CC[C@]1(C)C2C(OC(=O)c2ccccc2)[C@]2(O)C[C@H](OC(=O)[C@H](O[Si](C(C)C)(C(C)C)C(C)C)[C@H](NC(=O)Oc3ccccc3)c3ccccn3)C(C)=C([C@H]3O[C@@H](CN(C)C)O[C@H]31)C2(C)C. The Kier molecular flexibility index (Phi) is 15.8. The molecule has 74 heavy (non-hydrogen) atoms. The molecule has 1 aromatic heterocycles.